The van der Waals surface area contributed by atoms with E-state index in [4.69, 9.17) is 4.42 Å². The predicted octanol–water partition coefficient (Wildman–Crippen LogP) is 2.81. The first-order valence-electron chi connectivity index (χ1n) is 5.47. The molecule has 0 bridgehead atoms. The number of oxazole rings is 1. The molecule has 0 saturated carbocycles. The highest BCUT2D eigenvalue weighted by Crippen LogP contribution is 2.25. The number of rotatable bonds is 4. The van der Waals surface area contributed by atoms with Crippen LogP contribution in [-0.4, -0.2) is 9.91 Å². The smallest absolute Gasteiger partial charge is 0.274 e. The number of nitro benzene ring substituents is 1. The second kappa shape index (κ2) is 4.87. The first kappa shape index (κ1) is 12.1. The van der Waals surface area contributed by atoms with Crippen molar-refractivity contribution in [1.29, 1.82) is 0 Å². The van der Waals surface area contributed by atoms with Crippen LogP contribution in [0.1, 0.15) is 17.2 Å². The molecule has 1 heterocycles. The number of aromatic nitrogens is 1. The Morgan fingerprint density at radius 2 is 2.22 bits per heavy atom. The molecule has 1 N–H and O–H groups in total. The second-order valence-corrected chi connectivity index (χ2v) is 3.93. The zero-order valence-corrected chi connectivity index (χ0v) is 10.1. The molecule has 0 atom stereocenters. The average Bonchev–Trinajstić information content (AvgIpc) is 2.73. The fourth-order valence-corrected chi connectivity index (χ4v) is 1.67. The molecule has 0 saturated heterocycles. The van der Waals surface area contributed by atoms with Crippen molar-refractivity contribution < 1.29 is 9.34 Å². The van der Waals surface area contributed by atoms with Crippen LogP contribution in [0, 0.1) is 24.0 Å². The lowest BCUT2D eigenvalue weighted by molar-refractivity contribution is -0.385. The molecule has 6 heteroatoms. The van der Waals surface area contributed by atoms with Crippen molar-refractivity contribution in [2.75, 3.05) is 5.32 Å². The van der Waals surface area contributed by atoms with Crippen LogP contribution in [0.3, 0.4) is 0 Å². The average molecular weight is 247 g/mol. The third-order valence-electron chi connectivity index (χ3n) is 2.60. The molecular formula is C12H13N3O3. The van der Waals surface area contributed by atoms with Crippen molar-refractivity contribution in [3.63, 3.8) is 0 Å². The molecule has 0 aliphatic carbocycles. The molecule has 0 spiro atoms. The van der Waals surface area contributed by atoms with Gasteiger partial charge in [-0.25, -0.2) is 4.98 Å². The molecule has 2 aromatic rings. The standard InChI is InChI=1S/C12H13N3O3/c1-8-6-14-12(18-8)7-13-10-4-3-5-11(9(10)2)15(16)17/h3-6,13H,7H2,1-2H3. The van der Waals surface area contributed by atoms with Crippen LogP contribution in [0.25, 0.3) is 0 Å². The first-order valence-corrected chi connectivity index (χ1v) is 5.47. The Bertz CT molecular complexity index is 578. The molecule has 0 amide bonds. The Kier molecular flexibility index (Phi) is 3.27. The van der Waals surface area contributed by atoms with Crippen molar-refractivity contribution in [2.24, 2.45) is 0 Å². The van der Waals surface area contributed by atoms with E-state index in [1.54, 1.807) is 25.3 Å². The maximum atomic E-state index is 10.8. The van der Waals surface area contributed by atoms with Crippen LogP contribution in [0.2, 0.25) is 0 Å². The summed E-state index contributed by atoms with van der Waals surface area (Å²) in [5.74, 6) is 1.29. The number of nitrogens with one attached hydrogen (secondary N) is 1. The minimum Gasteiger partial charge on any atom is -0.444 e. The number of hydrogen-bond acceptors (Lipinski definition) is 5. The van der Waals surface area contributed by atoms with Crippen LogP contribution >= 0.6 is 0 Å². The van der Waals surface area contributed by atoms with E-state index < -0.39 is 4.92 Å². The zero-order chi connectivity index (χ0) is 13.1. The molecule has 18 heavy (non-hydrogen) atoms. The minimum absolute atomic E-state index is 0.101. The maximum Gasteiger partial charge on any atom is 0.274 e. The summed E-state index contributed by atoms with van der Waals surface area (Å²) in [6.45, 7) is 3.92. The Morgan fingerprint density at radius 1 is 1.44 bits per heavy atom. The highest BCUT2D eigenvalue weighted by molar-refractivity contribution is 5.59. The molecule has 0 aliphatic rings. The number of hydrogen-bond donors (Lipinski definition) is 1. The van der Waals surface area contributed by atoms with Gasteiger partial charge in [-0.15, -0.1) is 0 Å². The quantitative estimate of drug-likeness (QED) is 0.663. The van der Waals surface area contributed by atoms with Gasteiger partial charge in [0, 0.05) is 17.3 Å². The van der Waals surface area contributed by atoms with E-state index in [1.165, 1.54) is 6.07 Å². The highest BCUT2D eigenvalue weighted by atomic mass is 16.6. The SMILES string of the molecule is Cc1cnc(CNc2cccc([N+](=O)[O-])c2C)o1. The van der Waals surface area contributed by atoms with Gasteiger partial charge in [-0.05, 0) is 19.9 Å². The lowest BCUT2D eigenvalue weighted by Gasteiger charge is -2.07. The van der Waals surface area contributed by atoms with Crippen LogP contribution in [0.5, 0.6) is 0 Å². The van der Waals surface area contributed by atoms with Gasteiger partial charge in [0.1, 0.15) is 5.76 Å². The van der Waals surface area contributed by atoms with Crippen LogP contribution in [-0.2, 0) is 6.54 Å². The van der Waals surface area contributed by atoms with E-state index >= 15 is 0 Å². The maximum absolute atomic E-state index is 10.8. The lowest BCUT2D eigenvalue weighted by Crippen LogP contribution is -2.02. The van der Waals surface area contributed by atoms with Gasteiger partial charge in [0.05, 0.1) is 17.7 Å². The van der Waals surface area contributed by atoms with Crippen molar-refractivity contribution in [2.45, 2.75) is 20.4 Å². The number of benzene rings is 1. The molecular weight excluding hydrogens is 234 g/mol. The Labute approximate surface area is 104 Å². The largest absolute Gasteiger partial charge is 0.444 e. The molecule has 6 nitrogen and oxygen atoms in total. The fraction of sp³-hybridized carbons (Fsp3) is 0.250. The van der Waals surface area contributed by atoms with E-state index in [9.17, 15) is 10.1 Å². The topological polar surface area (TPSA) is 81.2 Å². The van der Waals surface area contributed by atoms with E-state index in [0.717, 1.165) is 5.76 Å². The van der Waals surface area contributed by atoms with Gasteiger partial charge < -0.3 is 9.73 Å². The van der Waals surface area contributed by atoms with E-state index in [2.05, 4.69) is 10.3 Å². The van der Waals surface area contributed by atoms with Crippen LogP contribution < -0.4 is 5.32 Å². The van der Waals surface area contributed by atoms with E-state index in [0.29, 0.717) is 23.7 Å². The number of nitro groups is 1. The van der Waals surface area contributed by atoms with Crippen LogP contribution in [0.15, 0.2) is 28.8 Å². The molecule has 0 fully saturated rings. The third-order valence-corrected chi connectivity index (χ3v) is 2.60. The van der Waals surface area contributed by atoms with Gasteiger partial charge in [0.2, 0.25) is 5.89 Å². The van der Waals surface area contributed by atoms with Gasteiger partial charge in [-0.1, -0.05) is 6.07 Å². The third kappa shape index (κ3) is 2.48. The normalized spacial score (nSPS) is 10.3. The summed E-state index contributed by atoms with van der Waals surface area (Å²) in [7, 11) is 0. The molecule has 2 rings (SSSR count). The first-order chi connectivity index (χ1) is 8.58. The second-order valence-electron chi connectivity index (χ2n) is 3.93. The number of anilines is 1. The monoisotopic (exact) mass is 247 g/mol. The van der Waals surface area contributed by atoms with Crippen molar-refractivity contribution in [1.82, 2.24) is 4.98 Å². The molecule has 1 aromatic carbocycles. The van der Waals surface area contributed by atoms with Gasteiger partial charge in [-0.3, -0.25) is 10.1 Å². The molecule has 0 aliphatic heterocycles. The van der Waals surface area contributed by atoms with E-state index in [1.807, 2.05) is 6.92 Å². The number of aryl methyl sites for hydroxylation is 1. The summed E-state index contributed by atoms with van der Waals surface area (Å²) in [6.07, 6.45) is 1.64. The predicted molar refractivity (Wildman–Crippen MR) is 66.4 cm³/mol. The summed E-state index contributed by atoms with van der Waals surface area (Å²) < 4.78 is 5.32. The molecule has 0 unspecified atom stereocenters. The lowest BCUT2D eigenvalue weighted by atomic mass is 10.1. The van der Waals surface area contributed by atoms with Crippen molar-refractivity contribution in [3.8, 4) is 0 Å². The summed E-state index contributed by atoms with van der Waals surface area (Å²) in [5, 5.41) is 13.9. The summed E-state index contributed by atoms with van der Waals surface area (Å²) in [4.78, 5) is 14.5. The minimum atomic E-state index is -0.393. The van der Waals surface area contributed by atoms with Crippen molar-refractivity contribution >= 4 is 11.4 Å². The Balaban J connectivity index is 2.14. The van der Waals surface area contributed by atoms with Gasteiger partial charge in [0.15, 0.2) is 0 Å². The zero-order valence-electron chi connectivity index (χ0n) is 10.1. The van der Waals surface area contributed by atoms with Gasteiger partial charge in [-0.2, -0.15) is 0 Å². The van der Waals surface area contributed by atoms with E-state index in [-0.39, 0.29) is 5.69 Å². The fourth-order valence-electron chi connectivity index (χ4n) is 1.67. The van der Waals surface area contributed by atoms with Gasteiger partial charge in [0.25, 0.3) is 5.69 Å². The summed E-state index contributed by atoms with van der Waals surface area (Å²) >= 11 is 0. The Hall–Kier alpha value is -2.37. The molecule has 1 aromatic heterocycles. The summed E-state index contributed by atoms with van der Waals surface area (Å²) in [6, 6.07) is 4.92. The van der Waals surface area contributed by atoms with Gasteiger partial charge >= 0.3 is 0 Å². The molecule has 0 radical (unpaired) electrons. The highest BCUT2D eigenvalue weighted by Gasteiger charge is 2.13. The molecule has 94 valence electrons. The number of nitrogens with zero attached hydrogens (tertiary/aromatic N) is 2. The Morgan fingerprint density at radius 3 is 2.83 bits per heavy atom. The van der Waals surface area contributed by atoms with Crippen molar-refractivity contribution in [3.05, 3.63) is 51.7 Å². The van der Waals surface area contributed by atoms with Crippen LogP contribution in [0.4, 0.5) is 11.4 Å². The summed E-state index contributed by atoms with van der Waals surface area (Å²) in [5.41, 5.74) is 1.41.